The lowest BCUT2D eigenvalue weighted by Crippen LogP contribution is -2.47. The van der Waals surface area contributed by atoms with E-state index in [0.29, 0.717) is 0 Å². The summed E-state index contributed by atoms with van der Waals surface area (Å²) in [5.41, 5.74) is 2.74. The minimum atomic E-state index is 0.979. The molecular formula is C24H36N4. The number of nitrogens with zero attached hydrogens (tertiary/aromatic N) is 2. The van der Waals surface area contributed by atoms with Crippen molar-refractivity contribution in [3.63, 3.8) is 0 Å². The highest BCUT2D eigenvalue weighted by molar-refractivity contribution is 5.14. The Morgan fingerprint density at radius 1 is 0.571 bits per heavy atom. The van der Waals surface area contributed by atoms with Crippen molar-refractivity contribution < 1.29 is 0 Å². The maximum Gasteiger partial charge on any atom is 0.0205 e. The first-order valence-corrected chi connectivity index (χ1v) is 10.8. The zero-order valence-corrected chi connectivity index (χ0v) is 17.2. The summed E-state index contributed by atoms with van der Waals surface area (Å²) in [5, 5.41) is 7.12. The van der Waals surface area contributed by atoms with Crippen LogP contribution in [0.5, 0.6) is 0 Å². The van der Waals surface area contributed by atoms with E-state index >= 15 is 0 Å². The van der Waals surface area contributed by atoms with Crippen molar-refractivity contribution in [2.45, 2.75) is 25.9 Å². The minimum Gasteiger partial charge on any atom is -0.313 e. The van der Waals surface area contributed by atoms with Crippen LogP contribution in [0.15, 0.2) is 60.7 Å². The molecule has 0 radical (unpaired) electrons. The lowest BCUT2D eigenvalue weighted by atomic mass is 10.2. The predicted molar refractivity (Wildman–Crippen MR) is 118 cm³/mol. The molecule has 0 aliphatic carbocycles. The summed E-state index contributed by atoms with van der Waals surface area (Å²) in [5.74, 6) is 0. The molecule has 152 valence electrons. The molecule has 0 spiro atoms. The fourth-order valence-electron chi connectivity index (χ4n) is 3.75. The maximum atomic E-state index is 3.56. The van der Waals surface area contributed by atoms with E-state index in [0.717, 1.165) is 26.2 Å². The highest BCUT2D eigenvalue weighted by atomic mass is 15.3. The van der Waals surface area contributed by atoms with Gasteiger partial charge in [0, 0.05) is 39.3 Å². The topological polar surface area (TPSA) is 30.5 Å². The molecule has 28 heavy (non-hydrogen) atoms. The molecule has 2 aromatic carbocycles. The van der Waals surface area contributed by atoms with Crippen LogP contribution in [0.1, 0.15) is 24.0 Å². The molecule has 0 bridgehead atoms. The average Bonchev–Trinajstić information content (AvgIpc) is 2.76. The Balaban J connectivity index is 1.16. The van der Waals surface area contributed by atoms with Crippen LogP contribution in [0.3, 0.4) is 0 Å². The van der Waals surface area contributed by atoms with E-state index in [1.54, 1.807) is 0 Å². The van der Waals surface area contributed by atoms with Gasteiger partial charge in [0.15, 0.2) is 0 Å². The van der Waals surface area contributed by atoms with Gasteiger partial charge in [-0.05, 0) is 50.1 Å². The standard InChI is InChI=1S/C24H36N4/c1-3-9-23(10-4-1)21-25-13-7-15-27-17-19-28(20-18-27)16-8-14-26-22-24-11-5-2-6-12-24/h1-6,9-12,25-26H,7-8,13-22H2. The van der Waals surface area contributed by atoms with Crippen LogP contribution in [-0.4, -0.2) is 62.2 Å². The molecule has 4 heteroatoms. The number of benzene rings is 2. The zero-order valence-electron chi connectivity index (χ0n) is 17.2. The van der Waals surface area contributed by atoms with E-state index in [-0.39, 0.29) is 0 Å². The van der Waals surface area contributed by atoms with Gasteiger partial charge in [-0.2, -0.15) is 0 Å². The van der Waals surface area contributed by atoms with Crippen molar-refractivity contribution in [1.82, 2.24) is 20.4 Å². The fraction of sp³-hybridized carbons (Fsp3) is 0.500. The normalized spacial score (nSPS) is 15.7. The van der Waals surface area contributed by atoms with Crippen molar-refractivity contribution in [3.8, 4) is 0 Å². The smallest absolute Gasteiger partial charge is 0.0205 e. The quantitative estimate of drug-likeness (QED) is 0.554. The molecular weight excluding hydrogens is 344 g/mol. The second-order valence-corrected chi connectivity index (χ2v) is 7.72. The lowest BCUT2D eigenvalue weighted by Gasteiger charge is -2.34. The molecule has 1 aliphatic heterocycles. The Hall–Kier alpha value is -1.72. The summed E-state index contributed by atoms with van der Waals surface area (Å²) in [6.07, 6.45) is 2.46. The molecule has 0 saturated carbocycles. The van der Waals surface area contributed by atoms with Gasteiger partial charge in [-0.15, -0.1) is 0 Å². The predicted octanol–water partition coefficient (Wildman–Crippen LogP) is 2.96. The van der Waals surface area contributed by atoms with Crippen LogP contribution in [-0.2, 0) is 13.1 Å². The number of hydrogen-bond acceptors (Lipinski definition) is 4. The van der Waals surface area contributed by atoms with Crippen LogP contribution in [0.4, 0.5) is 0 Å². The monoisotopic (exact) mass is 380 g/mol. The van der Waals surface area contributed by atoms with Gasteiger partial charge in [0.05, 0.1) is 0 Å². The van der Waals surface area contributed by atoms with Crippen LogP contribution >= 0.6 is 0 Å². The lowest BCUT2D eigenvalue weighted by molar-refractivity contribution is 0.130. The third kappa shape index (κ3) is 8.11. The van der Waals surface area contributed by atoms with E-state index in [1.165, 1.54) is 63.2 Å². The van der Waals surface area contributed by atoms with Gasteiger partial charge in [0.2, 0.25) is 0 Å². The van der Waals surface area contributed by atoms with Crippen molar-refractivity contribution in [3.05, 3.63) is 71.8 Å². The molecule has 1 heterocycles. The molecule has 1 fully saturated rings. The summed E-state index contributed by atoms with van der Waals surface area (Å²) in [7, 11) is 0. The first-order chi connectivity index (χ1) is 13.9. The number of rotatable bonds is 12. The van der Waals surface area contributed by atoms with E-state index in [2.05, 4.69) is 81.1 Å². The zero-order chi connectivity index (χ0) is 19.3. The molecule has 2 aromatic rings. The first-order valence-electron chi connectivity index (χ1n) is 10.8. The molecule has 2 N–H and O–H groups in total. The van der Waals surface area contributed by atoms with Gasteiger partial charge >= 0.3 is 0 Å². The SMILES string of the molecule is c1ccc(CNCCCN2CCN(CCCNCc3ccccc3)CC2)cc1. The Bertz CT molecular complexity index is 566. The minimum absolute atomic E-state index is 0.979. The third-order valence-corrected chi connectivity index (χ3v) is 5.46. The summed E-state index contributed by atoms with van der Waals surface area (Å²) in [6, 6.07) is 21.3. The van der Waals surface area contributed by atoms with Crippen LogP contribution in [0.25, 0.3) is 0 Å². The van der Waals surface area contributed by atoms with Crippen molar-refractivity contribution in [1.29, 1.82) is 0 Å². The van der Waals surface area contributed by atoms with Gasteiger partial charge < -0.3 is 20.4 Å². The Morgan fingerprint density at radius 2 is 0.964 bits per heavy atom. The first kappa shape index (κ1) is 21.0. The fourth-order valence-corrected chi connectivity index (χ4v) is 3.75. The van der Waals surface area contributed by atoms with Gasteiger partial charge in [-0.3, -0.25) is 0 Å². The molecule has 0 amide bonds. The summed E-state index contributed by atoms with van der Waals surface area (Å²) in [4.78, 5) is 5.24. The van der Waals surface area contributed by atoms with Crippen molar-refractivity contribution in [2.75, 3.05) is 52.4 Å². The number of nitrogens with one attached hydrogen (secondary N) is 2. The Labute approximate surface area is 170 Å². The second kappa shape index (κ2) is 12.7. The van der Waals surface area contributed by atoms with Crippen molar-refractivity contribution in [2.24, 2.45) is 0 Å². The van der Waals surface area contributed by atoms with E-state index in [4.69, 9.17) is 0 Å². The Morgan fingerprint density at radius 3 is 1.36 bits per heavy atom. The van der Waals surface area contributed by atoms with E-state index in [9.17, 15) is 0 Å². The molecule has 0 atom stereocenters. The van der Waals surface area contributed by atoms with Crippen LogP contribution in [0, 0.1) is 0 Å². The van der Waals surface area contributed by atoms with Crippen LogP contribution < -0.4 is 10.6 Å². The molecule has 1 saturated heterocycles. The van der Waals surface area contributed by atoms with Gasteiger partial charge in [-0.1, -0.05) is 60.7 Å². The molecule has 0 aromatic heterocycles. The third-order valence-electron chi connectivity index (χ3n) is 5.46. The highest BCUT2D eigenvalue weighted by Crippen LogP contribution is 2.04. The highest BCUT2D eigenvalue weighted by Gasteiger charge is 2.15. The number of hydrogen-bond donors (Lipinski definition) is 2. The molecule has 4 nitrogen and oxygen atoms in total. The van der Waals surface area contributed by atoms with Gasteiger partial charge in [-0.25, -0.2) is 0 Å². The molecule has 0 unspecified atom stereocenters. The summed E-state index contributed by atoms with van der Waals surface area (Å²) < 4.78 is 0. The summed E-state index contributed by atoms with van der Waals surface area (Å²) in [6.45, 7) is 11.5. The second-order valence-electron chi connectivity index (χ2n) is 7.72. The van der Waals surface area contributed by atoms with E-state index < -0.39 is 0 Å². The molecule has 3 rings (SSSR count). The van der Waals surface area contributed by atoms with Gasteiger partial charge in [0.1, 0.15) is 0 Å². The van der Waals surface area contributed by atoms with Gasteiger partial charge in [0.25, 0.3) is 0 Å². The Kier molecular flexibility index (Phi) is 9.51. The van der Waals surface area contributed by atoms with E-state index in [1.807, 2.05) is 0 Å². The van der Waals surface area contributed by atoms with Crippen molar-refractivity contribution >= 4 is 0 Å². The number of piperazine rings is 1. The van der Waals surface area contributed by atoms with Crippen LogP contribution in [0.2, 0.25) is 0 Å². The largest absolute Gasteiger partial charge is 0.313 e. The summed E-state index contributed by atoms with van der Waals surface area (Å²) >= 11 is 0. The average molecular weight is 381 g/mol. The maximum absolute atomic E-state index is 3.56. The molecule has 1 aliphatic rings.